The minimum absolute atomic E-state index is 0.0518. The molecule has 4 nitrogen and oxygen atoms in total. The van der Waals surface area contributed by atoms with Crippen molar-refractivity contribution < 1.29 is 14.7 Å². The van der Waals surface area contributed by atoms with E-state index in [-0.39, 0.29) is 23.3 Å². The van der Waals surface area contributed by atoms with E-state index in [0.29, 0.717) is 19.3 Å². The summed E-state index contributed by atoms with van der Waals surface area (Å²) in [5.41, 5.74) is 0.163. The molecule has 0 radical (unpaired) electrons. The molecule has 1 rings (SSSR count). The summed E-state index contributed by atoms with van der Waals surface area (Å²) in [5.74, 6) is -0.963. The molecule has 2 atom stereocenters. The van der Waals surface area contributed by atoms with Crippen molar-refractivity contribution in [1.29, 1.82) is 0 Å². The molecule has 0 aromatic heterocycles. The first-order valence-electron chi connectivity index (χ1n) is 6.30. The van der Waals surface area contributed by atoms with Crippen molar-refractivity contribution in [3.05, 3.63) is 0 Å². The summed E-state index contributed by atoms with van der Waals surface area (Å²) < 4.78 is 0. The average Bonchev–Trinajstić information content (AvgIpc) is 2.62. The molecule has 1 fully saturated rings. The van der Waals surface area contributed by atoms with Gasteiger partial charge in [0.15, 0.2) is 0 Å². The molecule has 0 heterocycles. The first-order chi connectivity index (χ1) is 7.78. The predicted molar refractivity (Wildman–Crippen MR) is 65.6 cm³/mol. The molecule has 0 unspecified atom stereocenters. The summed E-state index contributed by atoms with van der Waals surface area (Å²) >= 11 is 0. The van der Waals surface area contributed by atoms with E-state index in [1.54, 1.807) is 0 Å². The third-order valence-corrected chi connectivity index (χ3v) is 3.25. The molecule has 0 saturated heterocycles. The highest BCUT2D eigenvalue weighted by Crippen LogP contribution is 2.26. The summed E-state index contributed by atoms with van der Waals surface area (Å²) in [6, 6.07) is 0.0589. The van der Waals surface area contributed by atoms with Gasteiger partial charge >= 0.3 is 5.97 Å². The summed E-state index contributed by atoms with van der Waals surface area (Å²) in [5, 5.41) is 11.8. The third kappa shape index (κ3) is 5.20. The number of aliphatic carboxylic acids is 1. The van der Waals surface area contributed by atoms with E-state index in [2.05, 4.69) is 26.1 Å². The molecule has 0 aliphatic heterocycles. The van der Waals surface area contributed by atoms with Gasteiger partial charge in [-0.15, -0.1) is 0 Å². The average molecular weight is 241 g/mol. The van der Waals surface area contributed by atoms with Crippen molar-refractivity contribution in [3.8, 4) is 0 Å². The molecular weight excluding hydrogens is 218 g/mol. The molecule has 2 N–H and O–H groups in total. The van der Waals surface area contributed by atoms with Gasteiger partial charge in [-0.25, -0.2) is 0 Å². The Labute approximate surface area is 103 Å². The number of rotatable bonds is 4. The highest BCUT2D eigenvalue weighted by atomic mass is 16.4. The SMILES string of the molecule is CC(C)(C)CCC(=O)N[C@@H]1CC[C@H](C(=O)O)C1. The molecule has 0 spiro atoms. The number of nitrogens with one attached hydrogen (secondary N) is 1. The molecule has 0 bridgehead atoms. The maximum Gasteiger partial charge on any atom is 0.306 e. The van der Waals surface area contributed by atoms with Gasteiger partial charge < -0.3 is 10.4 Å². The fraction of sp³-hybridized carbons (Fsp3) is 0.846. The summed E-state index contributed by atoms with van der Waals surface area (Å²) in [6.45, 7) is 6.32. The van der Waals surface area contributed by atoms with Gasteiger partial charge in [0.1, 0.15) is 0 Å². The lowest BCUT2D eigenvalue weighted by molar-refractivity contribution is -0.141. The molecule has 98 valence electrons. The highest BCUT2D eigenvalue weighted by molar-refractivity contribution is 5.76. The predicted octanol–water partition coefficient (Wildman–Crippen LogP) is 2.18. The molecule has 1 amide bonds. The highest BCUT2D eigenvalue weighted by Gasteiger charge is 2.30. The minimum Gasteiger partial charge on any atom is -0.481 e. The molecule has 1 aliphatic carbocycles. The molecule has 0 aromatic carbocycles. The Hall–Kier alpha value is -1.06. The van der Waals surface area contributed by atoms with Crippen LogP contribution in [0.25, 0.3) is 0 Å². The van der Waals surface area contributed by atoms with Crippen LogP contribution in [0.15, 0.2) is 0 Å². The fourth-order valence-electron chi connectivity index (χ4n) is 2.13. The number of carbonyl (C=O) groups is 2. The van der Waals surface area contributed by atoms with E-state index in [1.165, 1.54) is 0 Å². The van der Waals surface area contributed by atoms with Crippen molar-refractivity contribution in [2.45, 2.75) is 58.9 Å². The lowest BCUT2D eigenvalue weighted by atomic mass is 9.90. The van der Waals surface area contributed by atoms with Crippen LogP contribution in [-0.2, 0) is 9.59 Å². The number of carboxylic acids is 1. The lowest BCUT2D eigenvalue weighted by Gasteiger charge is -2.18. The van der Waals surface area contributed by atoms with Gasteiger partial charge in [-0.2, -0.15) is 0 Å². The monoisotopic (exact) mass is 241 g/mol. The first kappa shape index (κ1) is 14.0. The fourth-order valence-corrected chi connectivity index (χ4v) is 2.13. The Morgan fingerprint density at radius 2 is 1.94 bits per heavy atom. The largest absolute Gasteiger partial charge is 0.481 e. The van der Waals surface area contributed by atoms with Gasteiger partial charge in [0, 0.05) is 12.5 Å². The van der Waals surface area contributed by atoms with Crippen LogP contribution in [0.1, 0.15) is 52.9 Å². The van der Waals surface area contributed by atoms with Crippen LogP contribution < -0.4 is 5.32 Å². The van der Waals surface area contributed by atoms with E-state index in [0.717, 1.165) is 12.8 Å². The molecular formula is C13H23NO3. The minimum atomic E-state index is -0.739. The summed E-state index contributed by atoms with van der Waals surface area (Å²) in [4.78, 5) is 22.4. The molecule has 1 aliphatic rings. The Morgan fingerprint density at radius 1 is 1.29 bits per heavy atom. The van der Waals surface area contributed by atoms with Gasteiger partial charge in [-0.05, 0) is 31.1 Å². The maximum absolute atomic E-state index is 11.7. The Kier molecular flexibility index (Phi) is 4.54. The van der Waals surface area contributed by atoms with Crippen LogP contribution in [0.2, 0.25) is 0 Å². The van der Waals surface area contributed by atoms with E-state index >= 15 is 0 Å². The summed E-state index contributed by atoms with van der Waals surface area (Å²) in [7, 11) is 0. The number of carboxylic acid groups (broad SMARTS) is 1. The lowest BCUT2D eigenvalue weighted by Crippen LogP contribution is -2.33. The zero-order valence-electron chi connectivity index (χ0n) is 11.0. The Bertz CT molecular complexity index is 294. The zero-order valence-corrected chi connectivity index (χ0v) is 11.0. The van der Waals surface area contributed by atoms with Crippen molar-refractivity contribution in [2.24, 2.45) is 11.3 Å². The molecule has 17 heavy (non-hydrogen) atoms. The number of hydrogen-bond donors (Lipinski definition) is 2. The zero-order chi connectivity index (χ0) is 13.1. The van der Waals surface area contributed by atoms with Crippen LogP contribution in [0.4, 0.5) is 0 Å². The first-order valence-corrected chi connectivity index (χ1v) is 6.30. The normalized spacial score (nSPS) is 24.6. The van der Waals surface area contributed by atoms with Crippen LogP contribution in [0.5, 0.6) is 0 Å². The van der Waals surface area contributed by atoms with Crippen molar-refractivity contribution in [2.75, 3.05) is 0 Å². The number of amides is 1. The quantitative estimate of drug-likeness (QED) is 0.792. The molecule has 1 saturated carbocycles. The maximum atomic E-state index is 11.7. The van der Waals surface area contributed by atoms with Gasteiger partial charge in [-0.3, -0.25) is 9.59 Å². The van der Waals surface area contributed by atoms with Gasteiger partial charge in [0.05, 0.1) is 5.92 Å². The topological polar surface area (TPSA) is 66.4 Å². The van der Waals surface area contributed by atoms with Crippen LogP contribution >= 0.6 is 0 Å². The van der Waals surface area contributed by atoms with Crippen LogP contribution in [0, 0.1) is 11.3 Å². The van der Waals surface area contributed by atoms with E-state index in [1.807, 2.05) is 0 Å². The second-order valence-corrected chi connectivity index (χ2v) is 6.17. The van der Waals surface area contributed by atoms with E-state index in [9.17, 15) is 9.59 Å². The van der Waals surface area contributed by atoms with Crippen LogP contribution in [0.3, 0.4) is 0 Å². The van der Waals surface area contributed by atoms with E-state index < -0.39 is 5.97 Å². The van der Waals surface area contributed by atoms with Gasteiger partial charge in [0.25, 0.3) is 0 Å². The van der Waals surface area contributed by atoms with Crippen molar-refractivity contribution in [3.63, 3.8) is 0 Å². The third-order valence-electron chi connectivity index (χ3n) is 3.25. The Morgan fingerprint density at radius 3 is 2.41 bits per heavy atom. The number of carbonyl (C=O) groups excluding carboxylic acids is 1. The van der Waals surface area contributed by atoms with Crippen molar-refractivity contribution >= 4 is 11.9 Å². The molecule has 4 heteroatoms. The van der Waals surface area contributed by atoms with Gasteiger partial charge in [0.2, 0.25) is 5.91 Å². The molecule has 0 aromatic rings. The Balaban J connectivity index is 2.26. The summed E-state index contributed by atoms with van der Waals surface area (Å²) in [6.07, 6.45) is 3.43. The van der Waals surface area contributed by atoms with Gasteiger partial charge in [-0.1, -0.05) is 20.8 Å². The second-order valence-electron chi connectivity index (χ2n) is 6.17. The standard InChI is InChI=1S/C13H23NO3/c1-13(2,3)7-6-11(15)14-10-5-4-9(8-10)12(16)17/h9-10H,4-8H2,1-3H3,(H,14,15)(H,16,17)/t9-,10+/m0/s1. The number of hydrogen-bond acceptors (Lipinski definition) is 2. The second kappa shape index (κ2) is 5.52. The van der Waals surface area contributed by atoms with Crippen molar-refractivity contribution in [1.82, 2.24) is 5.32 Å². The van der Waals surface area contributed by atoms with Crippen LogP contribution in [-0.4, -0.2) is 23.0 Å². The van der Waals surface area contributed by atoms with E-state index in [4.69, 9.17) is 5.11 Å². The smallest absolute Gasteiger partial charge is 0.306 e.